The van der Waals surface area contributed by atoms with Crippen LogP contribution in [0.2, 0.25) is 0 Å². The monoisotopic (exact) mass is 393 g/mol. The van der Waals surface area contributed by atoms with Crippen LogP contribution in [-0.4, -0.2) is 33.7 Å². The zero-order chi connectivity index (χ0) is 20.6. The normalized spacial score (nSPS) is 10.7. The summed E-state index contributed by atoms with van der Waals surface area (Å²) in [4.78, 5) is 40.4. The first-order chi connectivity index (χ1) is 14.1. The molecule has 0 radical (unpaired) electrons. The Balaban J connectivity index is 1.51. The van der Waals surface area contributed by atoms with Gasteiger partial charge in [-0.05, 0) is 42.8 Å². The lowest BCUT2D eigenvalue weighted by Crippen LogP contribution is -2.15. The second kappa shape index (κ2) is 9.64. The first-order valence-electron chi connectivity index (χ1n) is 9.61. The Morgan fingerprint density at radius 2 is 1.86 bits per heavy atom. The van der Waals surface area contributed by atoms with Gasteiger partial charge in [0, 0.05) is 30.1 Å². The van der Waals surface area contributed by atoms with Crippen LogP contribution in [0.4, 0.5) is 5.69 Å². The fourth-order valence-corrected chi connectivity index (χ4v) is 2.82. The second-order valence-electron chi connectivity index (χ2n) is 6.67. The number of Topliss-reactive ketones (excluding diaryl/α,β-unsaturated/α-hetero) is 1. The average molecular weight is 393 g/mol. The number of aromatic nitrogens is 2. The van der Waals surface area contributed by atoms with Crippen LogP contribution in [0.25, 0.3) is 5.65 Å². The van der Waals surface area contributed by atoms with Gasteiger partial charge < -0.3 is 14.5 Å². The Morgan fingerprint density at radius 3 is 2.59 bits per heavy atom. The molecular weight excluding hydrogens is 370 g/mol. The maximum atomic E-state index is 12.3. The largest absolute Gasteiger partial charge is 0.453 e. The summed E-state index contributed by atoms with van der Waals surface area (Å²) < 4.78 is 6.79. The molecule has 3 aromatic rings. The van der Waals surface area contributed by atoms with E-state index in [1.54, 1.807) is 47.1 Å². The molecule has 0 fully saturated rings. The molecule has 150 valence electrons. The van der Waals surface area contributed by atoms with Crippen LogP contribution in [-0.2, 0) is 9.53 Å². The number of benzene rings is 1. The Hall–Kier alpha value is -3.48. The van der Waals surface area contributed by atoms with Crippen LogP contribution in [0.5, 0.6) is 0 Å². The Bertz CT molecular complexity index is 975. The van der Waals surface area contributed by atoms with Crippen molar-refractivity contribution in [1.82, 2.24) is 9.38 Å². The van der Waals surface area contributed by atoms with Crippen molar-refractivity contribution in [3.05, 3.63) is 66.1 Å². The number of anilines is 1. The third kappa shape index (κ3) is 5.51. The molecule has 0 saturated carbocycles. The molecule has 3 rings (SSSR count). The van der Waals surface area contributed by atoms with E-state index >= 15 is 0 Å². The predicted octanol–water partition coefficient (Wildman–Crippen LogP) is 3.89. The van der Waals surface area contributed by atoms with Gasteiger partial charge in [0.15, 0.2) is 18.1 Å². The molecule has 0 bridgehead atoms. The molecule has 0 aliphatic carbocycles. The molecule has 7 nitrogen and oxygen atoms in total. The third-order valence-electron chi connectivity index (χ3n) is 4.41. The van der Waals surface area contributed by atoms with E-state index in [1.807, 2.05) is 12.1 Å². The van der Waals surface area contributed by atoms with E-state index in [2.05, 4.69) is 17.2 Å². The van der Waals surface area contributed by atoms with Crippen molar-refractivity contribution in [3.8, 4) is 0 Å². The standard InChI is InChI=1S/C22H23N3O4/c1-2-3-4-8-21(27)23-17-11-9-16(10-12-17)19(26)15-29-22(28)18-14-25-13-6-5-7-20(25)24-18/h5-7,9-14H,2-4,8,15H2,1H3,(H,23,27). The van der Waals surface area contributed by atoms with Crippen molar-refractivity contribution in [2.24, 2.45) is 0 Å². The summed E-state index contributed by atoms with van der Waals surface area (Å²) in [6, 6.07) is 11.9. The molecule has 1 aromatic carbocycles. The Labute approximate surface area is 168 Å². The number of hydrogen-bond donors (Lipinski definition) is 1. The minimum Gasteiger partial charge on any atom is -0.453 e. The maximum Gasteiger partial charge on any atom is 0.359 e. The zero-order valence-corrected chi connectivity index (χ0v) is 16.3. The summed E-state index contributed by atoms with van der Waals surface area (Å²) in [7, 11) is 0. The van der Waals surface area contributed by atoms with Gasteiger partial charge >= 0.3 is 5.97 Å². The molecule has 0 aliphatic rings. The van der Waals surface area contributed by atoms with Crippen LogP contribution in [0.15, 0.2) is 54.9 Å². The molecule has 2 aromatic heterocycles. The number of pyridine rings is 1. The first kappa shape index (κ1) is 20.3. The van der Waals surface area contributed by atoms with Crippen molar-refractivity contribution in [2.75, 3.05) is 11.9 Å². The number of unbranched alkanes of at least 4 members (excludes halogenated alkanes) is 2. The minimum atomic E-state index is -0.655. The van der Waals surface area contributed by atoms with Gasteiger partial charge in [-0.2, -0.15) is 0 Å². The van der Waals surface area contributed by atoms with E-state index in [4.69, 9.17) is 4.74 Å². The lowest BCUT2D eigenvalue weighted by atomic mass is 10.1. The zero-order valence-electron chi connectivity index (χ0n) is 16.3. The molecule has 0 saturated heterocycles. The number of fused-ring (bicyclic) bond motifs is 1. The van der Waals surface area contributed by atoms with E-state index in [0.29, 0.717) is 23.3 Å². The van der Waals surface area contributed by atoms with E-state index < -0.39 is 5.97 Å². The van der Waals surface area contributed by atoms with Gasteiger partial charge in [-0.3, -0.25) is 9.59 Å². The Morgan fingerprint density at radius 1 is 1.07 bits per heavy atom. The number of hydrogen-bond acceptors (Lipinski definition) is 5. The number of carbonyl (C=O) groups excluding carboxylic acids is 3. The maximum absolute atomic E-state index is 12.3. The summed E-state index contributed by atoms with van der Waals surface area (Å²) in [6.07, 6.45) is 6.75. The van der Waals surface area contributed by atoms with Crippen molar-refractivity contribution in [3.63, 3.8) is 0 Å². The number of ketones is 1. The number of esters is 1. The van der Waals surface area contributed by atoms with Crippen LogP contribution < -0.4 is 5.32 Å². The molecule has 0 aliphatic heterocycles. The molecule has 0 spiro atoms. The summed E-state index contributed by atoms with van der Waals surface area (Å²) >= 11 is 0. The number of rotatable bonds is 9. The molecule has 29 heavy (non-hydrogen) atoms. The average Bonchev–Trinajstić information content (AvgIpc) is 3.17. The highest BCUT2D eigenvalue weighted by Gasteiger charge is 2.15. The summed E-state index contributed by atoms with van der Waals surface area (Å²) in [5, 5.41) is 2.81. The molecule has 1 amide bonds. The summed E-state index contributed by atoms with van der Waals surface area (Å²) in [6.45, 7) is 1.71. The molecule has 2 heterocycles. The second-order valence-corrected chi connectivity index (χ2v) is 6.67. The minimum absolute atomic E-state index is 0.0427. The fraction of sp³-hybridized carbons (Fsp3) is 0.273. The molecule has 0 atom stereocenters. The van der Waals surface area contributed by atoms with Gasteiger partial charge in [-0.25, -0.2) is 9.78 Å². The summed E-state index contributed by atoms with van der Waals surface area (Å²) in [5.41, 5.74) is 1.80. The lowest BCUT2D eigenvalue weighted by Gasteiger charge is -2.06. The topological polar surface area (TPSA) is 89.8 Å². The van der Waals surface area contributed by atoms with Crippen LogP contribution in [0.3, 0.4) is 0 Å². The van der Waals surface area contributed by atoms with Gasteiger partial charge in [-0.1, -0.05) is 25.8 Å². The van der Waals surface area contributed by atoms with Crippen LogP contribution in [0, 0.1) is 0 Å². The van der Waals surface area contributed by atoms with E-state index in [9.17, 15) is 14.4 Å². The van der Waals surface area contributed by atoms with Crippen molar-refractivity contribution in [2.45, 2.75) is 32.6 Å². The first-order valence-corrected chi connectivity index (χ1v) is 9.61. The smallest absolute Gasteiger partial charge is 0.359 e. The fourth-order valence-electron chi connectivity index (χ4n) is 2.82. The number of ether oxygens (including phenoxy) is 1. The molecule has 7 heteroatoms. The van der Waals surface area contributed by atoms with E-state index in [-0.39, 0.29) is 24.0 Å². The van der Waals surface area contributed by atoms with Crippen molar-refractivity contribution < 1.29 is 19.1 Å². The van der Waals surface area contributed by atoms with Crippen molar-refractivity contribution in [1.29, 1.82) is 0 Å². The highest BCUT2D eigenvalue weighted by Crippen LogP contribution is 2.12. The Kier molecular flexibility index (Phi) is 6.73. The number of nitrogens with zero attached hydrogens (tertiary/aromatic N) is 2. The van der Waals surface area contributed by atoms with Gasteiger partial charge in [0.1, 0.15) is 5.65 Å². The van der Waals surface area contributed by atoms with E-state index in [0.717, 1.165) is 19.3 Å². The SMILES string of the molecule is CCCCCC(=O)Nc1ccc(C(=O)COC(=O)c2cn3ccccc3n2)cc1. The van der Waals surface area contributed by atoms with Gasteiger partial charge in [-0.15, -0.1) is 0 Å². The number of carbonyl (C=O) groups is 3. The highest BCUT2D eigenvalue weighted by atomic mass is 16.5. The van der Waals surface area contributed by atoms with Gasteiger partial charge in [0.05, 0.1) is 0 Å². The summed E-state index contributed by atoms with van der Waals surface area (Å²) in [5.74, 6) is -1.03. The molecular formula is C22H23N3O4. The quantitative estimate of drug-likeness (QED) is 0.338. The number of amides is 1. The van der Waals surface area contributed by atoms with Gasteiger partial charge in [0.25, 0.3) is 0 Å². The van der Waals surface area contributed by atoms with E-state index in [1.165, 1.54) is 0 Å². The molecule has 1 N–H and O–H groups in total. The predicted molar refractivity (Wildman–Crippen MR) is 109 cm³/mol. The third-order valence-corrected chi connectivity index (χ3v) is 4.41. The number of imidazole rings is 1. The highest BCUT2D eigenvalue weighted by molar-refractivity contribution is 5.99. The van der Waals surface area contributed by atoms with Crippen LogP contribution in [0.1, 0.15) is 53.5 Å². The van der Waals surface area contributed by atoms with Crippen LogP contribution >= 0.6 is 0 Å². The van der Waals surface area contributed by atoms with Crippen molar-refractivity contribution >= 4 is 29.0 Å². The molecule has 0 unspecified atom stereocenters. The number of nitrogens with one attached hydrogen (secondary N) is 1. The lowest BCUT2D eigenvalue weighted by molar-refractivity contribution is -0.116. The van der Waals surface area contributed by atoms with Gasteiger partial charge in [0.2, 0.25) is 5.91 Å².